The first-order chi connectivity index (χ1) is 13.8. The molecule has 0 saturated heterocycles. The van der Waals surface area contributed by atoms with Crippen LogP contribution in [0.1, 0.15) is 20.8 Å². The Bertz CT molecular complexity index is 1170. The summed E-state index contributed by atoms with van der Waals surface area (Å²) in [6, 6.07) is 14.6. The number of rotatable bonds is 5. The van der Waals surface area contributed by atoms with Crippen molar-refractivity contribution in [3.63, 3.8) is 0 Å². The monoisotopic (exact) mass is 414 g/mol. The molecule has 8 nitrogen and oxygen atoms in total. The Morgan fingerprint density at radius 3 is 2.00 bits per heavy atom. The van der Waals surface area contributed by atoms with Gasteiger partial charge in [0, 0.05) is 11.8 Å². The molecule has 0 saturated carbocycles. The molecule has 0 fully saturated rings. The van der Waals surface area contributed by atoms with E-state index in [-0.39, 0.29) is 21.8 Å². The van der Waals surface area contributed by atoms with E-state index >= 15 is 0 Å². The van der Waals surface area contributed by atoms with Crippen LogP contribution in [0.3, 0.4) is 0 Å². The number of carbonyl (C=O) groups excluding carboxylic acids is 2. The molecule has 0 amide bonds. The van der Waals surface area contributed by atoms with E-state index < -0.39 is 21.8 Å². The molecule has 0 spiro atoms. The maximum Gasteiger partial charge on any atom is 0.357 e. The Balaban J connectivity index is 2.30. The van der Waals surface area contributed by atoms with Crippen molar-refractivity contribution in [2.45, 2.75) is 4.90 Å². The second kappa shape index (κ2) is 7.88. The Kier molecular flexibility index (Phi) is 5.51. The highest BCUT2D eigenvalue weighted by Gasteiger charge is 2.31. The molecule has 0 atom stereocenters. The number of benzene rings is 2. The minimum Gasteiger partial charge on any atom is -0.465 e. The van der Waals surface area contributed by atoms with E-state index in [0.29, 0.717) is 11.3 Å². The number of sulfone groups is 1. The third kappa shape index (κ3) is 3.90. The fourth-order valence-electron chi connectivity index (χ4n) is 2.82. The zero-order chi connectivity index (χ0) is 21.2. The lowest BCUT2D eigenvalue weighted by Crippen LogP contribution is -2.15. The second-order valence-corrected chi connectivity index (χ2v) is 8.12. The predicted molar refractivity (Wildman–Crippen MR) is 105 cm³/mol. The minimum absolute atomic E-state index is 0.0738. The molecule has 1 heterocycles. The number of nitrogens with zero attached hydrogens (tertiary/aromatic N) is 2. The molecule has 0 bridgehead atoms. The number of carbonyl (C=O) groups is 2. The molecule has 1 aromatic heterocycles. The lowest BCUT2D eigenvalue weighted by molar-refractivity contribution is 0.0549. The average molecular weight is 414 g/mol. The van der Waals surface area contributed by atoms with Gasteiger partial charge < -0.3 is 9.47 Å². The number of esters is 2. The maximum atomic E-state index is 12.5. The normalized spacial score (nSPS) is 11.1. The van der Waals surface area contributed by atoms with E-state index in [2.05, 4.69) is 5.10 Å². The summed E-state index contributed by atoms with van der Waals surface area (Å²) >= 11 is 0. The molecular formula is C20H18N2O6S. The zero-order valence-electron chi connectivity index (χ0n) is 15.9. The summed E-state index contributed by atoms with van der Waals surface area (Å²) in [6.45, 7) is 0. The summed E-state index contributed by atoms with van der Waals surface area (Å²) in [5.41, 5.74) is 0.985. The SMILES string of the molecule is COC(=O)c1c(-c2ccc(S(C)(=O)=O)cc2)nn(-c2ccccc2)c1C(=O)OC. The van der Waals surface area contributed by atoms with Crippen molar-refractivity contribution in [3.05, 3.63) is 65.9 Å². The van der Waals surface area contributed by atoms with Crippen LogP contribution in [-0.2, 0) is 19.3 Å². The van der Waals surface area contributed by atoms with Crippen molar-refractivity contribution in [2.24, 2.45) is 0 Å². The molecule has 29 heavy (non-hydrogen) atoms. The topological polar surface area (TPSA) is 105 Å². The minimum atomic E-state index is -3.39. The number of ether oxygens (including phenoxy) is 2. The highest BCUT2D eigenvalue weighted by Crippen LogP contribution is 2.29. The maximum absolute atomic E-state index is 12.5. The van der Waals surface area contributed by atoms with Gasteiger partial charge in [-0.2, -0.15) is 5.10 Å². The van der Waals surface area contributed by atoms with E-state index in [4.69, 9.17) is 9.47 Å². The smallest absolute Gasteiger partial charge is 0.357 e. The van der Waals surface area contributed by atoms with Crippen molar-refractivity contribution < 1.29 is 27.5 Å². The van der Waals surface area contributed by atoms with Gasteiger partial charge in [-0.05, 0) is 24.3 Å². The fourth-order valence-corrected chi connectivity index (χ4v) is 3.45. The Morgan fingerprint density at radius 2 is 1.48 bits per heavy atom. The van der Waals surface area contributed by atoms with Gasteiger partial charge >= 0.3 is 11.9 Å². The fraction of sp³-hybridized carbons (Fsp3) is 0.150. The summed E-state index contributed by atoms with van der Waals surface area (Å²) in [6.07, 6.45) is 1.10. The molecular weight excluding hydrogens is 396 g/mol. The summed E-state index contributed by atoms with van der Waals surface area (Å²) < 4.78 is 34.5. The summed E-state index contributed by atoms with van der Waals surface area (Å²) in [4.78, 5) is 25.2. The van der Waals surface area contributed by atoms with Crippen LogP contribution in [0.2, 0.25) is 0 Å². The Hall–Kier alpha value is -3.46. The number of aromatic nitrogens is 2. The third-order valence-corrected chi connectivity index (χ3v) is 5.34. The summed E-state index contributed by atoms with van der Waals surface area (Å²) in [5, 5.41) is 4.45. The van der Waals surface area contributed by atoms with E-state index in [1.807, 2.05) is 0 Å². The Morgan fingerprint density at radius 1 is 0.897 bits per heavy atom. The van der Waals surface area contributed by atoms with Crippen molar-refractivity contribution >= 4 is 21.8 Å². The Labute approximate surface area is 167 Å². The largest absolute Gasteiger partial charge is 0.465 e. The molecule has 9 heteroatoms. The second-order valence-electron chi connectivity index (χ2n) is 6.10. The van der Waals surface area contributed by atoms with Gasteiger partial charge in [-0.15, -0.1) is 0 Å². The molecule has 0 aliphatic heterocycles. The van der Waals surface area contributed by atoms with Crippen LogP contribution in [0, 0.1) is 0 Å². The van der Waals surface area contributed by atoms with E-state index in [9.17, 15) is 18.0 Å². The molecule has 3 aromatic rings. The van der Waals surface area contributed by atoms with Crippen LogP contribution in [0.15, 0.2) is 59.5 Å². The first-order valence-electron chi connectivity index (χ1n) is 8.43. The van der Waals surface area contributed by atoms with Crippen LogP contribution >= 0.6 is 0 Å². The van der Waals surface area contributed by atoms with Crippen molar-refractivity contribution in [1.29, 1.82) is 0 Å². The number of hydrogen-bond acceptors (Lipinski definition) is 7. The van der Waals surface area contributed by atoms with Crippen molar-refractivity contribution in [2.75, 3.05) is 20.5 Å². The standard InChI is InChI=1S/C20H18N2O6S/c1-27-19(23)16-17(13-9-11-15(12-10-13)29(3,25)26)21-22(18(16)20(24)28-2)14-7-5-4-6-8-14/h4-12H,1-3H3. The lowest BCUT2D eigenvalue weighted by Gasteiger charge is -2.07. The van der Waals surface area contributed by atoms with E-state index in [1.54, 1.807) is 30.3 Å². The van der Waals surface area contributed by atoms with Crippen LogP contribution in [0.4, 0.5) is 0 Å². The van der Waals surface area contributed by atoms with E-state index in [1.165, 1.54) is 43.2 Å². The van der Waals surface area contributed by atoms with E-state index in [0.717, 1.165) is 6.26 Å². The lowest BCUT2D eigenvalue weighted by atomic mass is 10.1. The van der Waals surface area contributed by atoms with Gasteiger partial charge in [-0.3, -0.25) is 0 Å². The highest BCUT2D eigenvalue weighted by atomic mass is 32.2. The number of methoxy groups -OCH3 is 2. The van der Waals surface area contributed by atoms with Gasteiger partial charge in [0.2, 0.25) is 0 Å². The number of para-hydroxylation sites is 1. The van der Waals surface area contributed by atoms with Crippen LogP contribution in [-0.4, -0.2) is 50.6 Å². The number of hydrogen-bond donors (Lipinski definition) is 0. The van der Waals surface area contributed by atoms with Gasteiger partial charge in [0.1, 0.15) is 11.3 Å². The van der Waals surface area contributed by atoms with Crippen molar-refractivity contribution in [1.82, 2.24) is 9.78 Å². The molecule has 3 rings (SSSR count). The molecule has 0 aliphatic carbocycles. The molecule has 0 N–H and O–H groups in total. The van der Waals surface area contributed by atoms with Crippen molar-refractivity contribution in [3.8, 4) is 16.9 Å². The molecule has 150 valence electrons. The summed E-state index contributed by atoms with van der Waals surface area (Å²) in [5.74, 6) is -1.53. The van der Waals surface area contributed by atoms with Crippen LogP contribution in [0.5, 0.6) is 0 Å². The van der Waals surface area contributed by atoms with Gasteiger partial charge in [-0.1, -0.05) is 30.3 Å². The van der Waals surface area contributed by atoms with Gasteiger partial charge in [-0.25, -0.2) is 22.7 Å². The first-order valence-corrected chi connectivity index (χ1v) is 10.3. The molecule has 0 aliphatic rings. The summed E-state index contributed by atoms with van der Waals surface area (Å²) in [7, 11) is -0.993. The first kappa shape index (κ1) is 20.3. The molecule has 2 aromatic carbocycles. The predicted octanol–water partition coefficient (Wildman–Crippen LogP) is 2.52. The van der Waals surface area contributed by atoms with Gasteiger partial charge in [0.25, 0.3) is 0 Å². The van der Waals surface area contributed by atoms with Crippen LogP contribution < -0.4 is 0 Å². The highest BCUT2D eigenvalue weighted by molar-refractivity contribution is 7.90. The van der Waals surface area contributed by atoms with Gasteiger partial charge in [0.05, 0.1) is 24.8 Å². The van der Waals surface area contributed by atoms with Gasteiger partial charge in [0.15, 0.2) is 15.5 Å². The quantitative estimate of drug-likeness (QED) is 0.591. The molecule has 0 radical (unpaired) electrons. The molecule has 0 unspecified atom stereocenters. The zero-order valence-corrected chi connectivity index (χ0v) is 16.8. The van der Waals surface area contributed by atoms with Crippen LogP contribution in [0.25, 0.3) is 16.9 Å². The average Bonchev–Trinajstić information content (AvgIpc) is 3.13. The third-order valence-electron chi connectivity index (χ3n) is 4.21.